The molecule has 41 heavy (non-hydrogen) atoms. The van der Waals surface area contributed by atoms with Gasteiger partial charge in [0, 0.05) is 69.0 Å². The number of rotatable bonds is 4. The molecule has 0 saturated carbocycles. The molecule has 230 valence electrons. The minimum Gasteiger partial charge on any atom is -0.319 e. The van der Waals surface area contributed by atoms with Crippen molar-refractivity contribution in [2.45, 2.75) is 119 Å². The summed E-state index contributed by atoms with van der Waals surface area (Å²) in [6.07, 6.45) is 12.8. The number of carbonyl (C=O) groups is 4. The van der Waals surface area contributed by atoms with Crippen molar-refractivity contribution in [3.8, 4) is 0 Å². The molecule has 1 unspecified atom stereocenters. The second-order valence-electron chi connectivity index (χ2n) is 11.6. The zero-order chi connectivity index (χ0) is 31.1. The lowest BCUT2D eigenvalue weighted by molar-refractivity contribution is -0.128. The van der Waals surface area contributed by atoms with Crippen molar-refractivity contribution in [2.24, 2.45) is 0 Å². The number of hydrogen-bond donors (Lipinski definition) is 0. The molecule has 1 atom stereocenters. The van der Waals surface area contributed by atoms with Gasteiger partial charge in [0.25, 0.3) is 0 Å². The maximum atomic E-state index is 11.4. The Bertz CT molecular complexity index is 999. The van der Waals surface area contributed by atoms with Crippen LogP contribution in [0.4, 0.5) is 0 Å². The number of nitrogens with zero attached hydrogens (tertiary/aromatic N) is 4. The largest absolute Gasteiger partial charge is 0.319 e. The Morgan fingerprint density at radius 3 is 1.63 bits per heavy atom. The van der Waals surface area contributed by atoms with Crippen LogP contribution in [0.2, 0.25) is 0 Å². The third-order valence-corrected chi connectivity index (χ3v) is 7.50. The smallest absolute Gasteiger partial charge is 0.226 e. The average Bonchev–Trinajstić information content (AvgIpc) is 3.59. The van der Waals surface area contributed by atoms with Gasteiger partial charge in [0.05, 0.1) is 0 Å². The van der Waals surface area contributed by atoms with Crippen LogP contribution in [0.15, 0.2) is 48.1 Å². The Labute approximate surface area is 248 Å². The highest BCUT2D eigenvalue weighted by atomic mass is 16.2. The molecule has 0 spiro atoms. The molecule has 4 heterocycles. The molecular weight excluding hydrogens is 516 g/mol. The molecule has 4 rings (SSSR count). The van der Waals surface area contributed by atoms with E-state index < -0.39 is 0 Å². The number of amides is 4. The SMILES string of the molecule is C=C(C)N1CCCC1=O.C=CN1C(=O)CCC1C.CC(C)=C(C)N1CCCC1=O.CC(C)=CN1CCCCCC1=O. The van der Waals surface area contributed by atoms with Gasteiger partial charge >= 0.3 is 0 Å². The molecule has 4 amide bonds. The van der Waals surface area contributed by atoms with Crippen molar-refractivity contribution in [3.63, 3.8) is 0 Å². The standard InChI is InChI=1S/C10H17NO.C9H15NO.2C7H11NO/c1-9(2)8-11-7-5-3-4-6-10(11)12;1-7(2)8(3)10-6-4-5-9(10)11;1-6(2)8-5-3-4-7(8)9;1-3-8-6(2)4-5-7(8)9/h8H,3-7H2,1-2H3;4-6H2,1-3H3;1,3-5H2,2H3;3,6H,1,4-5H2,2H3. The van der Waals surface area contributed by atoms with E-state index in [1.165, 1.54) is 17.6 Å². The first-order valence-electron chi connectivity index (χ1n) is 15.1. The van der Waals surface area contributed by atoms with Gasteiger partial charge in [0.2, 0.25) is 23.6 Å². The monoisotopic (exact) mass is 570 g/mol. The zero-order valence-electron chi connectivity index (χ0n) is 26.8. The molecule has 0 aliphatic carbocycles. The van der Waals surface area contributed by atoms with E-state index >= 15 is 0 Å². The fourth-order valence-electron chi connectivity index (χ4n) is 4.90. The van der Waals surface area contributed by atoms with Crippen LogP contribution in [-0.4, -0.2) is 68.9 Å². The summed E-state index contributed by atoms with van der Waals surface area (Å²) in [5, 5.41) is 0. The summed E-state index contributed by atoms with van der Waals surface area (Å²) in [4.78, 5) is 51.6. The molecule has 0 bridgehead atoms. The predicted octanol–water partition coefficient (Wildman–Crippen LogP) is 6.52. The quantitative estimate of drug-likeness (QED) is 0.385. The van der Waals surface area contributed by atoms with Gasteiger partial charge in [0.1, 0.15) is 0 Å². The summed E-state index contributed by atoms with van der Waals surface area (Å²) in [7, 11) is 0. The fourth-order valence-corrected chi connectivity index (χ4v) is 4.90. The van der Waals surface area contributed by atoms with Crippen LogP contribution in [0.1, 0.15) is 113 Å². The van der Waals surface area contributed by atoms with E-state index in [1.807, 2.05) is 64.5 Å². The van der Waals surface area contributed by atoms with Crippen LogP contribution in [0.25, 0.3) is 0 Å². The number of likely N-dealkylation sites (tertiary alicyclic amines) is 4. The summed E-state index contributed by atoms with van der Waals surface area (Å²) >= 11 is 0. The molecule has 0 aromatic carbocycles. The van der Waals surface area contributed by atoms with E-state index in [2.05, 4.69) is 13.2 Å². The van der Waals surface area contributed by atoms with Gasteiger partial charge in [-0.2, -0.15) is 0 Å². The molecule has 0 N–H and O–H groups in total. The molecule has 4 fully saturated rings. The summed E-state index contributed by atoms with van der Waals surface area (Å²) in [5.74, 6) is 0.998. The van der Waals surface area contributed by atoms with E-state index in [1.54, 1.807) is 16.0 Å². The van der Waals surface area contributed by atoms with Gasteiger partial charge in [-0.25, -0.2) is 0 Å². The zero-order valence-corrected chi connectivity index (χ0v) is 26.8. The van der Waals surface area contributed by atoms with Crippen molar-refractivity contribution in [3.05, 3.63) is 48.1 Å². The molecule has 4 aliphatic heterocycles. The number of carbonyl (C=O) groups excluding carboxylic acids is 4. The number of allylic oxidation sites excluding steroid dienone is 4. The van der Waals surface area contributed by atoms with E-state index in [9.17, 15) is 19.2 Å². The van der Waals surface area contributed by atoms with Gasteiger partial charge < -0.3 is 19.6 Å². The van der Waals surface area contributed by atoms with Gasteiger partial charge in [-0.15, -0.1) is 0 Å². The first kappa shape index (κ1) is 35.9. The van der Waals surface area contributed by atoms with Gasteiger partial charge in [-0.05, 0) is 86.8 Å². The van der Waals surface area contributed by atoms with Crippen molar-refractivity contribution >= 4 is 23.6 Å². The minimum atomic E-state index is 0.206. The molecule has 4 saturated heterocycles. The lowest BCUT2D eigenvalue weighted by Gasteiger charge is -2.17. The third kappa shape index (κ3) is 12.5. The Morgan fingerprint density at radius 1 is 0.707 bits per heavy atom. The van der Waals surface area contributed by atoms with E-state index in [-0.39, 0.29) is 23.6 Å². The van der Waals surface area contributed by atoms with Crippen LogP contribution in [0, 0.1) is 0 Å². The molecule has 8 nitrogen and oxygen atoms in total. The lowest BCUT2D eigenvalue weighted by atomic mass is 10.2. The van der Waals surface area contributed by atoms with Crippen LogP contribution < -0.4 is 0 Å². The Balaban J connectivity index is 0.000000275. The van der Waals surface area contributed by atoms with Crippen LogP contribution in [0.3, 0.4) is 0 Å². The van der Waals surface area contributed by atoms with Crippen molar-refractivity contribution in [1.82, 2.24) is 19.6 Å². The Morgan fingerprint density at radius 2 is 1.27 bits per heavy atom. The van der Waals surface area contributed by atoms with Crippen LogP contribution in [-0.2, 0) is 19.2 Å². The highest BCUT2D eigenvalue weighted by Gasteiger charge is 2.24. The Hall–Kier alpha value is -3.16. The van der Waals surface area contributed by atoms with E-state index in [4.69, 9.17) is 0 Å². The maximum Gasteiger partial charge on any atom is 0.226 e. The Kier molecular flexibility index (Phi) is 16.0. The second kappa shape index (κ2) is 18.3. The highest BCUT2D eigenvalue weighted by Crippen LogP contribution is 2.19. The van der Waals surface area contributed by atoms with Crippen LogP contribution in [0.5, 0.6) is 0 Å². The fraction of sp³-hybridized carbons (Fsp3) is 0.636. The highest BCUT2D eigenvalue weighted by molar-refractivity contribution is 5.80. The first-order chi connectivity index (χ1) is 19.3. The third-order valence-electron chi connectivity index (χ3n) is 7.50. The molecule has 4 aliphatic rings. The molecule has 0 radical (unpaired) electrons. The van der Waals surface area contributed by atoms with Gasteiger partial charge in [-0.3, -0.25) is 19.2 Å². The molecular formula is C33H54N4O4. The molecule has 8 heteroatoms. The minimum absolute atomic E-state index is 0.206. The summed E-state index contributed by atoms with van der Waals surface area (Å²) < 4.78 is 0. The van der Waals surface area contributed by atoms with Crippen LogP contribution >= 0.6 is 0 Å². The van der Waals surface area contributed by atoms with Gasteiger partial charge in [-0.1, -0.05) is 30.7 Å². The predicted molar refractivity (Wildman–Crippen MR) is 166 cm³/mol. The summed E-state index contributed by atoms with van der Waals surface area (Å²) in [6.45, 7) is 24.0. The summed E-state index contributed by atoms with van der Waals surface area (Å²) in [6, 6.07) is 0.370. The lowest BCUT2D eigenvalue weighted by Crippen LogP contribution is -2.24. The second-order valence-corrected chi connectivity index (χ2v) is 11.6. The van der Waals surface area contributed by atoms with Crippen molar-refractivity contribution in [1.29, 1.82) is 0 Å². The topological polar surface area (TPSA) is 81.2 Å². The molecule has 0 aromatic heterocycles. The molecule has 0 aromatic rings. The van der Waals surface area contributed by atoms with E-state index in [0.717, 1.165) is 76.0 Å². The maximum absolute atomic E-state index is 11.4. The van der Waals surface area contributed by atoms with E-state index in [0.29, 0.717) is 18.9 Å². The first-order valence-corrected chi connectivity index (χ1v) is 15.1. The number of hydrogen-bond acceptors (Lipinski definition) is 4. The normalized spacial score (nSPS) is 20.2. The summed E-state index contributed by atoms with van der Waals surface area (Å²) in [5.41, 5.74) is 4.44. The van der Waals surface area contributed by atoms with Crippen molar-refractivity contribution in [2.75, 3.05) is 19.6 Å². The average molecular weight is 571 g/mol. The van der Waals surface area contributed by atoms with Crippen molar-refractivity contribution < 1.29 is 19.2 Å². The van der Waals surface area contributed by atoms with Gasteiger partial charge in [0.15, 0.2) is 0 Å².